The fourth-order valence-electron chi connectivity index (χ4n) is 1.17. The van der Waals surface area contributed by atoms with Gasteiger partial charge in [-0.2, -0.15) is 15.0 Å². The van der Waals surface area contributed by atoms with E-state index in [1.807, 2.05) is 0 Å². The molecule has 2 aromatic rings. The van der Waals surface area contributed by atoms with Gasteiger partial charge in [0.2, 0.25) is 11.9 Å². The molecule has 0 saturated carbocycles. The lowest BCUT2D eigenvalue weighted by Crippen LogP contribution is -2.07. The van der Waals surface area contributed by atoms with E-state index in [0.717, 1.165) is 6.42 Å². The highest BCUT2D eigenvalue weighted by atomic mass is 32.2. The van der Waals surface area contributed by atoms with Gasteiger partial charge in [-0.25, -0.2) is 4.98 Å². The van der Waals surface area contributed by atoms with E-state index in [-0.39, 0.29) is 5.95 Å². The second kappa shape index (κ2) is 5.13. The summed E-state index contributed by atoms with van der Waals surface area (Å²) in [6.07, 6.45) is 6.12. The first-order chi connectivity index (χ1) is 8.19. The summed E-state index contributed by atoms with van der Waals surface area (Å²) in [7, 11) is 0. The summed E-state index contributed by atoms with van der Waals surface area (Å²) < 4.78 is 1.71. The molecule has 0 aliphatic heterocycles. The van der Waals surface area contributed by atoms with Crippen molar-refractivity contribution in [2.75, 3.05) is 5.73 Å². The van der Waals surface area contributed by atoms with Crippen LogP contribution in [0.15, 0.2) is 23.9 Å². The number of hydrogen-bond donors (Lipinski definition) is 1. The molecule has 2 heterocycles. The Labute approximate surface area is 104 Å². The Morgan fingerprint density at radius 2 is 2.24 bits per heavy atom. The lowest BCUT2D eigenvalue weighted by atomic mass is 10.4. The molecule has 2 N–H and O–H groups in total. The van der Waals surface area contributed by atoms with E-state index in [4.69, 9.17) is 5.73 Å². The highest BCUT2D eigenvalue weighted by Gasteiger charge is 2.09. The molecule has 2 rings (SSSR count). The van der Waals surface area contributed by atoms with Gasteiger partial charge >= 0.3 is 0 Å². The maximum Gasteiger partial charge on any atom is 0.240 e. The molecule has 6 nitrogen and oxygen atoms in total. The molecule has 0 radical (unpaired) electrons. The molecule has 7 heteroatoms. The minimum absolute atomic E-state index is 0.231. The number of aromatic nitrogens is 5. The van der Waals surface area contributed by atoms with Crippen LogP contribution in [0, 0.1) is 0 Å². The van der Waals surface area contributed by atoms with Crippen LogP contribution in [0.4, 0.5) is 5.95 Å². The molecule has 2 aromatic heterocycles. The fourth-order valence-corrected chi connectivity index (χ4v) is 1.98. The second-order valence-corrected chi connectivity index (χ2v) is 4.99. The summed E-state index contributed by atoms with van der Waals surface area (Å²) in [4.78, 5) is 16.5. The van der Waals surface area contributed by atoms with Crippen LogP contribution >= 0.6 is 11.8 Å². The maximum atomic E-state index is 5.67. The van der Waals surface area contributed by atoms with Gasteiger partial charge in [-0.1, -0.05) is 25.6 Å². The van der Waals surface area contributed by atoms with Crippen molar-refractivity contribution in [3.63, 3.8) is 0 Å². The molecule has 0 aromatic carbocycles. The first-order valence-corrected chi connectivity index (χ1v) is 6.23. The quantitative estimate of drug-likeness (QED) is 0.829. The van der Waals surface area contributed by atoms with E-state index in [1.54, 1.807) is 35.0 Å². The summed E-state index contributed by atoms with van der Waals surface area (Å²) in [5.74, 6) is 0.732. The van der Waals surface area contributed by atoms with E-state index < -0.39 is 0 Å². The number of rotatable bonds is 4. The largest absolute Gasteiger partial charge is 0.368 e. The van der Waals surface area contributed by atoms with Gasteiger partial charge < -0.3 is 5.73 Å². The monoisotopic (exact) mass is 250 g/mol. The highest BCUT2D eigenvalue weighted by molar-refractivity contribution is 7.99. The van der Waals surface area contributed by atoms with E-state index in [9.17, 15) is 0 Å². The van der Waals surface area contributed by atoms with E-state index >= 15 is 0 Å². The second-order valence-electron chi connectivity index (χ2n) is 3.58. The van der Waals surface area contributed by atoms with Crippen LogP contribution in [0.1, 0.15) is 20.3 Å². The van der Waals surface area contributed by atoms with Crippen molar-refractivity contribution in [3.05, 3.63) is 18.7 Å². The van der Waals surface area contributed by atoms with Gasteiger partial charge in [-0.15, -0.1) is 0 Å². The Hall–Kier alpha value is -1.63. The first-order valence-electron chi connectivity index (χ1n) is 5.35. The number of nitrogens with zero attached hydrogens (tertiary/aromatic N) is 5. The van der Waals surface area contributed by atoms with Crippen LogP contribution in [0.5, 0.6) is 0 Å². The third kappa shape index (κ3) is 2.94. The standard InChI is InChI=1S/C10H14N6S/c1-3-7(2)17-10-14-8(11)13-9(15-10)16-5-4-12-6-16/h4-7H,3H2,1-2H3,(H2,11,13,14,15). The SMILES string of the molecule is CCC(C)Sc1nc(N)nc(-n2ccnc2)n1. The smallest absolute Gasteiger partial charge is 0.240 e. The number of hydrogen-bond acceptors (Lipinski definition) is 6. The summed E-state index contributed by atoms with van der Waals surface area (Å²) >= 11 is 1.59. The molecule has 1 atom stereocenters. The van der Waals surface area contributed by atoms with Crippen molar-refractivity contribution < 1.29 is 0 Å². The van der Waals surface area contributed by atoms with Crippen LogP contribution in [-0.4, -0.2) is 29.8 Å². The topological polar surface area (TPSA) is 82.5 Å². The molecule has 1 unspecified atom stereocenters. The number of thioether (sulfide) groups is 1. The average Bonchev–Trinajstić information content (AvgIpc) is 2.81. The fraction of sp³-hybridized carbons (Fsp3) is 0.400. The van der Waals surface area contributed by atoms with Gasteiger partial charge in [-0.05, 0) is 6.42 Å². The lowest BCUT2D eigenvalue weighted by molar-refractivity contribution is 0.822. The van der Waals surface area contributed by atoms with E-state index in [2.05, 4.69) is 33.8 Å². The van der Waals surface area contributed by atoms with Gasteiger partial charge in [0.05, 0.1) is 0 Å². The summed E-state index contributed by atoms with van der Waals surface area (Å²) in [6.45, 7) is 4.25. The Balaban J connectivity index is 2.30. The van der Waals surface area contributed by atoms with Gasteiger partial charge in [-0.3, -0.25) is 4.57 Å². The molecule has 0 spiro atoms. The Morgan fingerprint density at radius 3 is 2.88 bits per heavy atom. The molecule has 90 valence electrons. The van der Waals surface area contributed by atoms with E-state index in [0.29, 0.717) is 16.4 Å². The van der Waals surface area contributed by atoms with Crippen molar-refractivity contribution in [1.29, 1.82) is 0 Å². The third-order valence-corrected chi connectivity index (χ3v) is 3.37. The number of anilines is 1. The minimum Gasteiger partial charge on any atom is -0.368 e. The summed E-state index contributed by atoms with van der Waals surface area (Å²) in [5.41, 5.74) is 5.67. The van der Waals surface area contributed by atoms with Crippen LogP contribution in [0.2, 0.25) is 0 Å². The van der Waals surface area contributed by atoms with Crippen molar-refractivity contribution in [3.8, 4) is 5.95 Å². The van der Waals surface area contributed by atoms with E-state index in [1.165, 1.54) is 0 Å². The van der Waals surface area contributed by atoms with Crippen molar-refractivity contribution in [2.24, 2.45) is 0 Å². The molecule has 0 fully saturated rings. The molecule has 17 heavy (non-hydrogen) atoms. The number of imidazole rings is 1. The lowest BCUT2D eigenvalue weighted by Gasteiger charge is -2.08. The Kier molecular flexibility index (Phi) is 3.58. The van der Waals surface area contributed by atoms with Crippen LogP contribution < -0.4 is 5.73 Å². The molecule has 0 aliphatic rings. The number of nitrogens with two attached hydrogens (primary N) is 1. The molecule has 0 bridgehead atoms. The van der Waals surface area contributed by atoms with Crippen molar-refractivity contribution in [1.82, 2.24) is 24.5 Å². The molecular formula is C10H14N6S. The molecule has 0 aliphatic carbocycles. The zero-order chi connectivity index (χ0) is 12.3. The van der Waals surface area contributed by atoms with Crippen LogP contribution in [-0.2, 0) is 0 Å². The molecule has 0 saturated heterocycles. The highest BCUT2D eigenvalue weighted by Crippen LogP contribution is 2.22. The summed E-state index contributed by atoms with van der Waals surface area (Å²) in [5, 5.41) is 1.10. The number of nitrogen functional groups attached to an aromatic ring is 1. The van der Waals surface area contributed by atoms with Gasteiger partial charge in [0.15, 0.2) is 5.16 Å². The van der Waals surface area contributed by atoms with Crippen molar-refractivity contribution >= 4 is 17.7 Å². The molecule has 0 amide bonds. The predicted octanol–water partition coefficient (Wildman–Crippen LogP) is 1.53. The zero-order valence-corrected chi connectivity index (χ0v) is 10.6. The minimum atomic E-state index is 0.231. The average molecular weight is 250 g/mol. The maximum absolute atomic E-state index is 5.67. The predicted molar refractivity (Wildman–Crippen MR) is 67.0 cm³/mol. The molecular weight excluding hydrogens is 236 g/mol. The van der Waals surface area contributed by atoms with Gasteiger partial charge in [0.25, 0.3) is 0 Å². The van der Waals surface area contributed by atoms with Crippen molar-refractivity contribution in [2.45, 2.75) is 30.7 Å². The van der Waals surface area contributed by atoms with Gasteiger partial charge in [0.1, 0.15) is 6.33 Å². The summed E-state index contributed by atoms with van der Waals surface area (Å²) in [6, 6.07) is 0. The Morgan fingerprint density at radius 1 is 1.41 bits per heavy atom. The normalized spacial score (nSPS) is 12.6. The Bertz CT molecular complexity index is 484. The first kappa shape index (κ1) is 11.8. The van der Waals surface area contributed by atoms with Gasteiger partial charge in [0, 0.05) is 17.6 Å². The van der Waals surface area contributed by atoms with Crippen LogP contribution in [0.25, 0.3) is 5.95 Å². The van der Waals surface area contributed by atoms with Crippen LogP contribution in [0.3, 0.4) is 0 Å². The third-order valence-electron chi connectivity index (χ3n) is 2.24. The zero-order valence-electron chi connectivity index (χ0n) is 9.74.